The molecule has 4 N–H and O–H groups in total. The lowest BCUT2D eigenvalue weighted by atomic mass is 10.1. The Bertz CT molecular complexity index is 620. The molecule has 2 aromatic rings. The first kappa shape index (κ1) is 13.7. The number of hydrogen-bond acceptors (Lipinski definition) is 4. The quantitative estimate of drug-likeness (QED) is 0.724. The van der Waals surface area contributed by atoms with Gasteiger partial charge in [0, 0.05) is 18.5 Å². The van der Waals surface area contributed by atoms with Crippen LogP contribution in [0.2, 0.25) is 0 Å². The SMILES string of the molecule is Nc1ccc(NC(=O)CCc2ccco2)c(C(=O)O)c1. The molecule has 1 aromatic heterocycles. The van der Waals surface area contributed by atoms with Gasteiger partial charge in [-0.3, -0.25) is 4.79 Å². The third kappa shape index (κ3) is 3.38. The van der Waals surface area contributed by atoms with Gasteiger partial charge >= 0.3 is 5.97 Å². The molecule has 0 unspecified atom stereocenters. The normalized spacial score (nSPS) is 10.2. The van der Waals surface area contributed by atoms with Crippen LogP contribution in [0.1, 0.15) is 22.5 Å². The molecule has 0 aliphatic rings. The maximum absolute atomic E-state index is 11.8. The molecule has 20 heavy (non-hydrogen) atoms. The molecule has 0 bridgehead atoms. The molecule has 104 valence electrons. The van der Waals surface area contributed by atoms with Gasteiger partial charge in [0.15, 0.2) is 0 Å². The van der Waals surface area contributed by atoms with E-state index in [2.05, 4.69) is 5.32 Å². The molecule has 0 radical (unpaired) electrons. The molecule has 2 rings (SSSR count). The maximum Gasteiger partial charge on any atom is 0.337 e. The molecule has 0 atom stereocenters. The molecule has 6 heteroatoms. The average molecular weight is 274 g/mol. The number of aryl methyl sites for hydroxylation is 1. The summed E-state index contributed by atoms with van der Waals surface area (Å²) in [6.07, 6.45) is 2.20. The first-order valence-electron chi connectivity index (χ1n) is 6.01. The van der Waals surface area contributed by atoms with E-state index in [1.54, 1.807) is 12.1 Å². The standard InChI is InChI=1S/C14H14N2O4/c15-9-3-5-12(11(8-9)14(18)19)16-13(17)6-4-10-2-1-7-20-10/h1-3,5,7-8H,4,6,15H2,(H,16,17)(H,18,19). The zero-order valence-corrected chi connectivity index (χ0v) is 10.6. The Balaban J connectivity index is 2.02. The number of amides is 1. The third-order valence-corrected chi connectivity index (χ3v) is 2.73. The van der Waals surface area contributed by atoms with Gasteiger partial charge in [0.2, 0.25) is 5.91 Å². The van der Waals surface area contributed by atoms with Crippen molar-refractivity contribution in [3.05, 3.63) is 47.9 Å². The number of carboxylic acid groups (broad SMARTS) is 1. The molecule has 0 saturated carbocycles. The van der Waals surface area contributed by atoms with Crippen LogP contribution in [0, 0.1) is 0 Å². The minimum Gasteiger partial charge on any atom is -0.478 e. The van der Waals surface area contributed by atoms with Crippen LogP contribution in [0.4, 0.5) is 11.4 Å². The Labute approximate surface area is 115 Å². The second-order valence-electron chi connectivity index (χ2n) is 4.24. The van der Waals surface area contributed by atoms with E-state index < -0.39 is 5.97 Å². The lowest BCUT2D eigenvalue weighted by Gasteiger charge is -2.08. The molecule has 1 aromatic carbocycles. The Morgan fingerprint density at radius 1 is 1.30 bits per heavy atom. The van der Waals surface area contributed by atoms with Crippen LogP contribution in [0.5, 0.6) is 0 Å². The topological polar surface area (TPSA) is 106 Å². The first-order chi connectivity index (χ1) is 9.56. The zero-order valence-electron chi connectivity index (χ0n) is 10.6. The molecule has 0 aliphatic heterocycles. The van der Waals surface area contributed by atoms with Crippen LogP contribution in [0.25, 0.3) is 0 Å². The van der Waals surface area contributed by atoms with E-state index >= 15 is 0 Å². The van der Waals surface area contributed by atoms with Crippen LogP contribution in [-0.4, -0.2) is 17.0 Å². The highest BCUT2D eigenvalue weighted by atomic mass is 16.4. The molecule has 0 spiro atoms. The van der Waals surface area contributed by atoms with Crippen molar-refractivity contribution in [2.45, 2.75) is 12.8 Å². The number of aromatic carboxylic acids is 1. The van der Waals surface area contributed by atoms with Crippen molar-refractivity contribution in [1.82, 2.24) is 0 Å². The second-order valence-corrected chi connectivity index (χ2v) is 4.24. The van der Waals surface area contributed by atoms with Crippen molar-refractivity contribution in [1.29, 1.82) is 0 Å². The summed E-state index contributed by atoms with van der Waals surface area (Å²) < 4.78 is 5.12. The molecule has 0 fully saturated rings. The molecule has 6 nitrogen and oxygen atoms in total. The number of benzene rings is 1. The Hall–Kier alpha value is -2.76. The van der Waals surface area contributed by atoms with E-state index in [1.165, 1.54) is 24.5 Å². The van der Waals surface area contributed by atoms with Crippen molar-refractivity contribution < 1.29 is 19.1 Å². The maximum atomic E-state index is 11.8. The fourth-order valence-corrected chi connectivity index (χ4v) is 1.75. The predicted molar refractivity (Wildman–Crippen MR) is 73.5 cm³/mol. The number of hydrogen-bond donors (Lipinski definition) is 3. The summed E-state index contributed by atoms with van der Waals surface area (Å²) in [5.41, 5.74) is 6.06. The van der Waals surface area contributed by atoms with Gasteiger partial charge in [-0.05, 0) is 30.3 Å². The van der Waals surface area contributed by atoms with Gasteiger partial charge < -0.3 is 20.6 Å². The zero-order chi connectivity index (χ0) is 14.5. The minimum absolute atomic E-state index is 0.0312. The highest BCUT2D eigenvalue weighted by Gasteiger charge is 2.13. The lowest BCUT2D eigenvalue weighted by Crippen LogP contribution is -2.15. The molecule has 0 aliphatic carbocycles. The van der Waals surface area contributed by atoms with Gasteiger partial charge in [0.05, 0.1) is 17.5 Å². The first-order valence-corrected chi connectivity index (χ1v) is 6.01. The summed E-state index contributed by atoms with van der Waals surface area (Å²) in [5.74, 6) is -0.719. The Morgan fingerprint density at radius 2 is 2.10 bits per heavy atom. The number of nitrogens with one attached hydrogen (secondary N) is 1. The summed E-state index contributed by atoms with van der Waals surface area (Å²) in [6.45, 7) is 0. The van der Waals surface area contributed by atoms with Crippen molar-refractivity contribution in [2.75, 3.05) is 11.1 Å². The lowest BCUT2D eigenvalue weighted by molar-refractivity contribution is -0.116. The fourth-order valence-electron chi connectivity index (χ4n) is 1.75. The van der Waals surface area contributed by atoms with Crippen LogP contribution < -0.4 is 11.1 Å². The summed E-state index contributed by atoms with van der Waals surface area (Å²) in [4.78, 5) is 22.9. The van der Waals surface area contributed by atoms with E-state index in [4.69, 9.17) is 15.3 Å². The number of nitrogen functional groups attached to an aromatic ring is 1. The Morgan fingerprint density at radius 3 is 2.75 bits per heavy atom. The van der Waals surface area contributed by atoms with Crippen molar-refractivity contribution >= 4 is 23.3 Å². The van der Waals surface area contributed by atoms with Gasteiger partial charge in [0.25, 0.3) is 0 Å². The monoisotopic (exact) mass is 274 g/mol. The molecular weight excluding hydrogens is 260 g/mol. The number of carboxylic acids is 1. The summed E-state index contributed by atoms with van der Waals surface area (Å²) in [7, 11) is 0. The van der Waals surface area contributed by atoms with E-state index in [-0.39, 0.29) is 23.6 Å². The van der Waals surface area contributed by atoms with Crippen LogP contribution in [-0.2, 0) is 11.2 Å². The summed E-state index contributed by atoms with van der Waals surface area (Å²) in [6, 6.07) is 7.84. The van der Waals surface area contributed by atoms with E-state index in [0.717, 1.165) is 0 Å². The predicted octanol–water partition coefficient (Wildman–Crippen LogP) is 2.13. The number of carbonyl (C=O) groups is 2. The number of nitrogens with two attached hydrogens (primary N) is 1. The number of carbonyl (C=O) groups excluding carboxylic acids is 1. The smallest absolute Gasteiger partial charge is 0.337 e. The number of anilines is 2. The second kappa shape index (κ2) is 5.92. The minimum atomic E-state index is -1.14. The van der Waals surface area contributed by atoms with E-state index in [0.29, 0.717) is 17.9 Å². The van der Waals surface area contributed by atoms with E-state index in [1.807, 2.05) is 0 Å². The van der Waals surface area contributed by atoms with Gasteiger partial charge in [0.1, 0.15) is 5.76 Å². The van der Waals surface area contributed by atoms with Gasteiger partial charge in [-0.25, -0.2) is 4.79 Å². The molecule has 1 heterocycles. The summed E-state index contributed by atoms with van der Waals surface area (Å²) >= 11 is 0. The largest absolute Gasteiger partial charge is 0.478 e. The number of furan rings is 1. The number of rotatable bonds is 5. The van der Waals surface area contributed by atoms with Crippen LogP contribution >= 0.6 is 0 Å². The molecular formula is C14H14N2O4. The molecule has 1 amide bonds. The Kier molecular flexibility index (Phi) is 4.05. The van der Waals surface area contributed by atoms with Gasteiger partial charge in [-0.15, -0.1) is 0 Å². The van der Waals surface area contributed by atoms with Crippen molar-refractivity contribution in [3.63, 3.8) is 0 Å². The van der Waals surface area contributed by atoms with E-state index in [9.17, 15) is 9.59 Å². The van der Waals surface area contributed by atoms with Crippen molar-refractivity contribution in [2.24, 2.45) is 0 Å². The van der Waals surface area contributed by atoms with Gasteiger partial charge in [-0.1, -0.05) is 0 Å². The average Bonchev–Trinajstić information content (AvgIpc) is 2.91. The van der Waals surface area contributed by atoms with Crippen molar-refractivity contribution in [3.8, 4) is 0 Å². The van der Waals surface area contributed by atoms with Crippen LogP contribution in [0.3, 0.4) is 0 Å². The van der Waals surface area contributed by atoms with Gasteiger partial charge in [-0.2, -0.15) is 0 Å². The molecule has 0 saturated heterocycles. The summed E-state index contributed by atoms with van der Waals surface area (Å²) in [5, 5.41) is 11.6. The third-order valence-electron chi connectivity index (χ3n) is 2.73. The van der Waals surface area contributed by atoms with Crippen LogP contribution in [0.15, 0.2) is 41.0 Å². The fraction of sp³-hybridized carbons (Fsp3) is 0.143. The highest BCUT2D eigenvalue weighted by molar-refractivity contribution is 6.01. The highest BCUT2D eigenvalue weighted by Crippen LogP contribution is 2.19.